The Hall–Kier alpha value is -1.35. The molecule has 1 saturated carbocycles. The first-order valence-corrected chi connectivity index (χ1v) is 11.5. The van der Waals surface area contributed by atoms with Crippen LogP contribution in [0.15, 0.2) is 24.3 Å². The number of benzene rings is 1. The first-order chi connectivity index (χ1) is 13.4. The summed E-state index contributed by atoms with van der Waals surface area (Å²) in [7, 11) is 0. The third kappa shape index (κ3) is 6.34. The molecular weight excluding hydrogens is 344 g/mol. The number of hydrogen-bond donors (Lipinski definition) is 0. The van der Waals surface area contributed by atoms with Crippen molar-refractivity contribution in [3.8, 4) is 0 Å². The van der Waals surface area contributed by atoms with E-state index in [1.807, 2.05) is 0 Å². The molecule has 156 valence electrons. The Morgan fingerprint density at radius 3 is 2.29 bits per heavy atom. The van der Waals surface area contributed by atoms with Crippen molar-refractivity contribution in [2.75, 3.05) is 26.2 Å². The Bertz CT molecular complexity index is 604. The molecule has 0 radical (unpaired) electrons. The van der Waals surface area contributed by atoms with Gasteiger partial charge in [0.25, 0.3) is 0 Å². The van der Waals surface area contributed by atoms with Crippen molar-refractivity contribution in [2.45, 2.75) is 84.1 Å². The summed E-state index contributed by atoms with van der Waals surface area (Å²) in [6.45, 7) is 11.8. The maximum absolute atomic E-state index is 13.0. The van der Waals surface area contributed by atoms with E-state index in [0.29, 0.717) is 5.91 Å². The molecule has 1 amide bonds. The highest BCUT2D eigenvalue weighted by Crippen LogP contribution is 2.29. The average Bonchev–Trinajstić information content (AvgIpc) is 3.36. The van der Waals surface area contributed by atoms with Crippen molar-refractivity contribution in [3.05, 3.63) is 35.4 Å². The number of hydrogen-bond acceptors (Lipinski definition) is 2. The summed E-state index contributed by atoms with van der Waals surface area (Å²) in [6.07, 6.45) is 9.81. The van der Waals surface area contributed by atoms with Crippen molar-refractivity contribution in [2.24, 2.45) is 5.92 Å². The van der Waals surface area contributed by atoms with Crippen LogP contribution in [-0.4, -0.2) is 41.9 Å². The zero-order chi connectivity index (χ0) is 20.0. The lowest BCUT2D eigenvalue weighted by Gasteiger charge is -2.27. The summed E-state index contributed by atoms with van der Waals surface area (Å²) in [5, 5.41) is 0. The number of nitrogens with zero attached hydrogens (tertiary/aromatic N) is 2. The Morgan fingerprint density at radius 2 is 1.68 bits per heavy atom. The topological polar surface area (TPSA) is 23.6 Å². The van der Waals surface area contributed by atoms with Gasteiger partial charge in [-0.25, -0.2) is 0 Å². The third-order valence-corrected chi connectivity index (χ3v) is 6.67. The van der Waals surface area contributed by atoms with Crippen LogP contribution in [0.4, 0.5) is 0 Å². The van der Waals surface area contributed by atoms with Crippen molar-refractivity contribution >= 4 is 5.91 Å². The minimum atomic E-state index is 0.172. The molecule has 3 nitrogen and oxygen atoms in total. The third-order valence-electron chi connectivity index (χ3n) is 6.67. The number of carbonyl (C=O) groups is 1. The number of carbonyl (C=O) groups excluding carboxylic acids is 1. The van der Waals surface area contributed by atoms with Crippen molar-refractivity contribution in [1.29, 1.82) is 0 Å². The summed E-state index contributed by atoms with van der Waals surface area (Å²) in [5.41, 5.74) is 2.78. The van der Waals surface area contributed by atoms with Crippen LogP contribution in [0.1, 0.15) is 83.3 Å². The van der Waals surface area contributed by atoms with Gasteiger partial charge in [-0.05, 0) is 54.8 Å². The fourth-order valence-electron chi connectivity index (χ4n) is 4.68. The van der Waals surface area contributed by atoms with Crippen LogP contribution in [0.5, 0.6) is 0 Å². The Balaban J connectivity index is 1.59. The highest BCUT2D eigenvalue weighted by molar-refractivity contribution is 5.76. The van der Waals surface area contributed by atoms with Crippen LogP contribution < -0.4 is 0 Å². The van der Waals surface area contributed by atoms with Crippen LogP contribution in [0, 0.1) is 5.92 Å². The van der Waals surface area contributed by atoms with Gasteiger partial charge in [-0.3, -0.25) is 4.79 Å². The smallest absolute Gasteiger partial charge is 0.222 e. The lowest BCUT2D eigenvalue weighted by atomic mass is 9.87. The summed E-state index contributed by atoms with van der Waals surface area (Å²) in [5.74, 6) is 1.14. The van der Waals surface area contributed by atoms with Crippen LogP contribution in [0.2, 0.25) is 0 Å². The van der Waals surface area contributed by atoms with Crippen LogP contribution in [0.25, 0.3) is 0 Å². The first-order valence-electron chi connectivity index (χ1n) is 11.5. The molecule has 3 heteroatoms. The van der Waals surface area contributed by atoms with Gasteiger partial charge in [0.1, 0.15) is 0 Å². The molecule has 1 aliphatic carbocycles. The molecule has 2 fully saturated rings. The SMILES string of the molecule is CC(C)(C)c1ccc(CN(CCN2CCCC2)C(=O)CCC2CCCC2)cc1. The van der Waals surface area contributed by atoms with Crippen LogP contribution in [0.3, 0.4) is 0 Å². The zero-order valence-electron chi connectivity index (χ0n) is 18.4. The predicted octanol–water partition coefficient (Wildman–Crippen LogP) is 5.38. The first kappa shape index (κ1) is 21.4. The van der Waals surface area contributed by atoms with Crippen LogP contribution >= 0.6 is 0 Å². The molecule has 1 aromatic carbocycles. The molecule has 28 heavy (non-hydrogen) atoms. The second-order valence-corrected chi connectivity index (χ2v) is 10.0. The van der Waals surface area contributed by atoms with E-state index in [1.54, 1.807) is 0 Å². The number of rotatable bonds is 8. The normalized spacial score (nSPS) is 18.7. The minimum Gasteiger partial charge on any atom is -0.337 e. The fourth-order valence-corrected chi connectivity index (χ4v) is 4.68. The summed E-state index contributed by atoms with van der Waals surface area (Å²) in [6, 6.07) is 8.90. The zero-order valence-corrected chi connectivity index (χ0v) is 18.4. The van der Waals surface area contributed by atoms with Crippen LogP contribution in [-0.2, 0) is 16.8 Å². The maximum Gasteiger partial charge on any atom is 0.222 e. The standard InChI is InChI=1S/C25H40N2O/c1-25(2,3)23-13-10-22(11-14-23)20-27(19-18-26-16-6-7-17-26)24(28)15-12-21-8-4-5-9-21/h10-11,13-14,21H,4-9,12,15-20H2,1-3H3. The van der Waals surface area contributed by atoms with Crippen molar-refractivity contribution in [3.63, 3.8) is 0 Å². The van der Waals surface area contributed by atoms with Gasteiger partial charge in [-0.2, -0.15) is 0 Å². The molecule has 3 rings (SSSR count). The molecule has 1 saturated heterocycles. The Morgan fingerprint density at radius 1 is 1.04 bits per heavy atom. The van der Waals surface area contributed by atoms with E-state index in [-0.39, 0.29) is 5.41 Å². The number of likely N-dealkylation sites (tertiary alicyclic amines) is 1. The lowest BCUT2D eigenvalue weighted by molar-refractivity contribution is -0.132. The molecule has 0 N–H and O–H groups in total. The van der Waals surface area contributed by atoms with Gasteiger partial charge in [0.15, 0.2) is 0 Å². The van der Waals surface area contributed by atoms with E-state index < -0.39 is 0 Å². The molecular formula is C25H40N2O. The van der Waals surface area contributed by atoms with Gasteiger partial charge in [-0.1, -0.05) is 70.7 Å². The highest BCUT2D eigenvalue weighted by Gasteiger charge is 2.21. The Labute approximate surface area is 172 Å². The van der Waals surface area contributed by atoms with Gasteiger partial charge in [0, 0.05) is 26.1 Å². The predicted molar refractivity (Wildman–Crippen MR) is 117 cm³/mol. The largest absolute Gasteiger partial charge is 0.337 e. The number of amides is 1. The van der Waals surface area contributed by atoms with E-state index in [9.17, 15) is 4.79 Å². The molecule has 1 heterocycles. The quantitative estimate of drug-likeness (QED) is 0.601. The van der Waals surface area contributed by atoms with Crippen molar-refractivity contribution < 1.29 is 4.79 Å². The molecule has 0 aromatic heterocycles. The molecule has 2 aliphatic rings. The lowest BCUT2D eigenvalue weighted by Crippen LogP contribution is -2.37. The molecule has 0 unspecified atom stereocenters. The molecule has 0 spiro atoms. The monoisotopic (exact) mass is 384 g/mol. The van der Waals surface area contributed by atoms with E-state index >= 15 is 0 Å². The highest BCUT2D eigenvalue weighted by atomic mass is 16.2. The summed E-state index contributed by atoms with van der Waals surface area (Å²) in [4.78, 5) is 17.7. The summed E-state index contributed by atoms with van der Waals surface area (Å²) < 4.78 is 0. The fraction of sp³-hybridized carbons (Fsp3) is 0.720. The van der Waals surface area contributed by atoms with E-state index in [0.717, 1.165) is 38.4 Å². The molecule has 1 aliphatic heterocycles. The van der Waals surface area contributed by atoms with E-state index in [4.69, 9.17) is 0 Å². The van der Waals surface area contributed by atoms with Crippen molar-refractivity contribution in [1.82, 2.24) is 9.80 Å². The van der Waals surface area contributed by atoms with E-state index in [2.05, 4.69) is 54.8 Å². The van der Waals surface area contributed by atoms with Gasteiger partial charge in [0.2, 0.25) is 5.91 Å². The van der Waals surface area contributed by atoms with Gasteiger partial charge in [-0.15, -0.1) is 0 Å². The van der Waals surface area contributed by atoms with E-state index in [1.165, 1.54) is 62.7 Å². The molecule has 0 bridgehead atoms. The minimum absolute atomic E-state index is 0.172. The second kappa shape index (κ2) is 9.91. The summed E-state index contributed by atoms with van der Waals surface area (Å²) >= 11 is 0. The average molecular weight is 385 g/mol. The maximum atomic E-state index is 13.0. The van der Waals surface area contributed by atoms with Gasteiger partial charge < -0.3 is 9.80 Å². The van der Waals surface area contributed by atoms with Gasteiger partial charge in [0.05, 0.1) is 0 Å². The Kier molecular flexibility index (Phi) is 7.56. The molecule has 1 aromatic rings. The molecule has 0 atom stereocenters. The van der Waals surface area contributed by atoms with Gasteiger partial charge >= 0.3 is 0 Å². The second-order valence-electron chi connectivity index (χ2n) is 10.0.